The van der Waals surface area contributed by atoms with Gasteiger partial charge >= 0.3 is 17.9 Å². The molecule has 0 saturated carbocycles. The second kappa shape index (κ2) is 7.36. The Balaban J connectivity index is 2.26. The summed E-state index contributed by atoms with van der Waals surface area (Å²) in [5.41, 5.74) is -1.24. The quantitative estimate of drug-likeness (QED) is 0.418. The molecule has 3 aliphatic rings. The van der Waals surface area contributed by atoms with E-state index in [0.717, 1.165) is 0 Å². The Morgan fingerprint density at radius 1 is 1.23 bits per heavy atom. The predicted molar refractivity (Wildman–Crippen MR) is 104 cm³/mol. The van der Waals surface area contributed by atoms with Crippen LogP contribution in [0.1, 0.15) is 34.6 Å². The highest BCUT2D eigenvalue weighted by molar-refractivity contribution is 6.11. The summed E-state index contributed by atoms with van der Waals surface area (Å²) in [5, 5.41) is 11.6. The van der Waals surface area contributed by atoms with E-state index in [1.807, 2.05) is 0 Å². The monoisotopic (exact) mass is 416 g/mol. The van der Waals surface area contributed by atoms with Gasteiger partial charge in [0.2, 0.25) is 0 Å². The van der Waals surface area contributed by atoms with Crippen molar-refractivity contribution in [2.45, 2.75) is 58.5 Å². The summed E-state index contributed by atoms with van der Waals surface area (Å²) in [5.74, 6) is -3.68. The summed E-state index contributed by atoms with van der Waals surface area (Å²) >= 11 is 0. The summed E-state index contributed by atoms with van der Waals surface area (Å²) in [6.07, 6.45) is -0.909. The van der Waals surface area contributed by atoms with Crippen molar-refractivity contribution < 1.29 is 38.5 Å². The smallest absolute Gasteiger partial charge is 0.334 e. The Morgan fingerprint density at radius 3 is 2.43 bits per heavy atom. The lowest BCUT2D eigenvalue weighted by molar-refractivity contribution is -0.168. The van der Waals surface area contributed by atoms with Crippen LogP contribution in [-0.4, -0.2) is 52.7 Å². The SMILES string of the molecule is C=C1C(=O)OC2C1C(OC(C)=O)C(OC(=O)C(C)=CC)C(C)=C1C(=O)C=C(C)C12O. The van der Waals surface area contributed by atoms with Gasteiger partial charge < -0.3 is 19.3 Å². The first-order chi connectivity index (χ1) is 13.9. The molecule has 0 aromatic rings. The number of fused-ring (bicyclic) bond motifs is 3. The molecule has 0 bridgehead atoms. The average molecular weight is 416 g/mol. The van der Waals surface area contributed by atoms with Gasteiger partial charge in [0.05, 0.1) is 5.92 Å². The Labute approximate surface area is 173 Å². The molecule has 3 rings (SSSR count). The second-order valence-corrected chi connectivity index (χ2v) is 7.76. The van der Waals surface area contributed by atoms with Gasteiger partial charge in [-0.2, -0.15) is 0 Å². The molecule has 1 saturated heterocycles. The Hall–Kier alpha value is -3.00. The molecule has 0 aromatic carbocycles. The summed E-state index contributed by atoms with van der Waals surface area (Å²) in [6, 6.07) is 0. The molecule has 160 valence electrons. The van der Waals surface area contributed by atoms with Crippen LogP contribution in [0.25, 0.3) is 0 Å². The van der Waals surface area contributed by atoms with Crippen molar-refractivity contribution in [2.24, 2.45) is 5.92 Å². The number of ether oxygens (including phenoxy) is 3. The molecule has 1 N–H and O–H groups in total. The minimum absolute atomic E-state index is 0.0373. The highest BCUT2D eigenvalue weighted by Crippen LogP contribution is 2.51. The molecular weight excluding hydrogens is 392 g/mol. The number of ketones is 1. The number of allylic oxidation sites excluding steroid dienone is 2. The maximum atomic E-state index is 12.8. The third-order valence-electron chi connectivity index (χ3n) is 5.98. The van der Waals surface area contributed by atoms with Crippen molar-refractivity contribution in [1.82, 2.24) is 0 Å². The predicted octanol–water partition coefficient (Wildman–Crippen LogP) is 1.48. The lowest BCUT2D eigenvalue weighted by atomic mass is 9.78. The summed E-state index contributed by atoms with van der Waals surface area (Å²) in [7, 11) is 0. The standard InChI is InChI=1S/C22H24O8/c1-7-9(2)20(25)29-17-12(5)16-14(24)8-10(3)22(16,27)19-15(11(4)21(26)30-19)18(17)28-13(6)23/h7-8,15,17-19,27H,4H2,1-3,5-6H3. The van der Waals surface area contributed by atoms with E-state index in [-0.39, 0.29) is 22.3 Å². The number of hydrogen-bond acceptors (Lipinski definition) is 8. The zero-order chi connectivity index (χ0) is 22.5. The van der Waals surface area contributed by atoms with Crippen LogP contribution in [0, 0.1) is 5.92 Å². The van der Waals surface area contributed by atoms with Crippen LogP contribution in [0.15, 0.2) is 46.6 Å². The van der Waals surface area contributed by atoms with Gasteiger partial charge in [0.25, 0.3) is 0 Å². The first kappa shape index (κ1) is 21.7. The van der Waals surface area contributed by atoms with Crippen LogP contribution < -0.4 is 0 Å². The van der Waals surface area contributed by atoms with Gasteiger partial charge in [0.15, 0.2) is 23.6 Å². The minimum atomic E-state index is -1.95. The molecule has 30 heavy (non-hydrogen) atoms. The lowest BCUT2D eigenvalue weighted by Gasteiger charge is -2.35. The molecule has 1 heterocycles. The third kappa shape index (κ3) is 3.02. The van der Waals surface area contributed by atoms with Crippen LogP contribution in [0.3, 0.4) is 0 Å². The van der Waals surface area contributed by atoms with E-state index in [2.05, 4.69) is 6.58 Å². The van der Waals surface area contributed by atoms with E-state index in [1.54, 1.807) is 26.8 Å². The van der Waals surface area contributed by atoms with Gasteiger partial charge in [-0.3, -0.25) is 9.59 Å². The highest BCUT2D eigenvalue weighted by Gasteiger charge is 2.64. The fourth-order valence-electron chi connectivity index (χ4n) is 4.31. The van der Waals surface area contributed by atoms with Gasteiger partial charge in [-0.05, 0) is 44.9 Å². The number of carbonyl (C=O) groups excluding carboxylic acids is 4. The second-order valence-electron chi connectivity index (χ2n) is 7.76. The van der Waals surface area contributed by atoms with Gasteiger partial charge in [-0.15, -0.1) is 0 Å². The first-order valence-electron chi connectivity index (χ1n) is 9.52. The van der Waals surface area contributed by atoms with Crippen LogP contribution in [0.4, 0.5) is 0 Å². The fraction of sp³-hybridized carbons (Fsp3) is 0.455. The average Bonchev–Trinajstić information content (AvgIpc) is 3.07. The molecule has 0 amide bonds. The van der Waals surface area contributed by atoms with Crippen molar-refractivity contribution in [3.63, 3.8) is 0 Å². The molecule has 5 unspecified atom stereocenters. The maximum Gasteiger partial charge on any atom is 0.334 e. The number of hydrogen-bond donors (Lipinski definition) is 1. The summed E-state index contributed by atoms with van der Waals surface area (Å²) < 4.78 is 16.5. The Kier molecular flexibility index (Phi) is 5.32. The normalized spacial score (nSPS) is 33.5. The van der Waals surface area contributed by atoms with Gasteiger partial charge in [-0.1, -0.05) is 12.7 Å². The van der Waals surface area contributed by atoms with Gasteiger partial charge in [0, 0.05) is 23.6 Å². The van der Waals surface area contributed by atoms with E-state index in [9.17, 15) is 24.3 Å². The van der Waals surface area contributed by atoms with Crippen LogP contribution in [0.5, 0.6) is 0 Å². The topological polar surface area (TPSA) is 116 Å². The summed E-state index contributed by atoms with van der Waals surface area (Å²) in [6.45, 7) is 11.2. The van der Waals surface area contributed by atoms with Crippen molar-refractivity contribution in [3.8, 4) is 0 Å². The molecule has 1 aliphatic heterocycles. The molecule has 0 spiro atoms. The molecule has 1 fully saturated rings. The van der Waals surface area contributed by atoms with E-state index >= 15 is 0 Å². The van der Waals surface area contributed by atoms with E-state index < -0.39 is 53.5 Å². The molecule has 5 atom stereocenters. The molecule has 0 aromatic heterocycles. The van der Waals surface area contributed by atoms with Crippen LogP contribution in [-0.2, 0) is 33.4 Å². The Bertz CT molecular complexity index is 966. The zero-order valence-corrected chi connectivity index (χ0v) is 17.5. The maximum absolute atomic E-state index is 12.8. The van der Waals surface area contributed by atoms with Crippen molar-refractivity contribution in [3.05, 3.63) is 46.6 Å². The van der Waals surface area contributed by atoms with E-state index in [1.165, 1.54) is 19.9 Å². The molecule has 8 heteroatoms. The molecule has 2 aliphatic carbocycles. The minimum Gasteiger partial charge on any atom is -0.457 e. The zero-order valence-electron chi connectivity index (χ0n) is 17.5. The van der Waals surface area contributed by atoms with Crippen LogP contribution in [0.2, 0.25) is 0 Å². The highest BCUT2D eigenvalue weighted by atomic mass is 16.6. The molecule has 0 radical (unpaired) electrons. The lowest BCUT2D eigenvalue weighted by Crippen LogP contribution is -2.50. The number of rotatable bonds is 3. The van der Waals surface area contributed by atoms with Crippen molar-refractivity contribution >= 4 is 23.7 Å². The van der Waals surface area contributed by atoms with Gasteiger partial charge in [0.1, 0.15) is 6.10 Å². The third-order valence-corrected chi connectivity index (χ3v) is 5.98. The molecular formula is C22H24O8. The number of esters is 3. The largest absolute Gasteiger partial charge is 0.457 e. The first-order valence-corrected chi connectivity index (χ1v) is 9.52. The fourth-order valence-corrected chi connectivity index (χ4v) is 4.31. The van der Waals surface area contributed by atoms with Crippen molar-refractivity contribution in [2.75, 3.05) is 0 Å². The number of carbonyl (C=O) groups is 4. The number of aliphatic hydroxyl groups is 1. The van der Waals surface area contributed by atoms with Gasteiger partial charge in [-0.25, -0.2) is 9.59 Å². The van der Waals surface area contributed by atoms with Crippen LogP contribution >= 0.6 is 0 Å². The van der Waals surface area contributed by atoms with E-state index in [0.29, 0.717) is 5.57 Å². The summed E-state index contributed by atoms with van der Waals surface area (Å²) in [4.78, 5) is 49.6. The van der Waals surface area contributed by atoms with Crippen molar-refractivity contribution in [1.29, 1.82) is 0 Å². The Morgan fingerprint density at radius 2 is 1.87 bits per heavy atom. The molecule has 8 nitrogen and oxygen atoms in total. The van der Waals surface area contributed by atoms with E-state index in [4.69, 9.17) is 14.2 Å².